The first-order valence-electron chi connectivity index (χ1n) is 12.4. The lowest BCUT2D eigenvalue weighted by Gasteiger charge is -2.18. The summed E-state index contributed by atoms with van der Waals surface area (Å²) in [5, 5.41) is 9.92. The van der Waals surface area contributed by atoms with Crippen molar-refractivity contribution >= 4 is 11.5 Å². The molecule has 0 aliphatic carbocycles. The third kappa shape index (κ3) is 4.76. The molecule has 1 atom stereocenters. The van der Waals surface area contributed by atoms with E-state index in [0.717, 1.165) is 41.5 Å². The van der Waals surface area contributed by atoms with E-state index < -0.39 is 12.1 Å². The molecule has 2 aromatic heterocycles. The fourth-order valence-electron chi connectivity index (χ4n) is 4.74. The number of nitrogens with zero attached hydrogens (tertiary/aromatic N) is 1. The van der Waals surface area contributed by atoms with Gasteiger partial charge in [-0.05, 0) is 59.4 Å². The van der Waals surface area contributed by atoms with Gasteiger partial charge in [-0.25, -0.2) is 4.79 Å². The van der Waals surface area contributed by atoms with Gasteiger partial charge in [0.2, 0.25) is 6.10 Å². The number of aromatic nitrogens is 1. The Bertz CT molecular complexity index is 1470. The van der Waals surface area contributed by atoms with Gasteiger partial charge in [0.1, 0.15) is 5.75 Å². The van der Waals surface area contributed by atoms with Crippen molar-refractivity contribution in [3.05, 3.63) is 121 Å². The fraction of sp³-hybridized carbons (Fsp3) is 0.156. The molecule has 0 bridgehead atoms. The van der Waals surface area contributed by atoms with Crippen LogP contribution in [0.3, 0.4) is 0 Å². The molecule has 1 unspecified atom stereocenters. The second-order valence-corrected chi connectivity index (χ2v) is 8.94. The predicted molar refractivity (Wildman–Crippen MR) is 144 cm³/mol. The van der Waals surface area contributed by atoms with Gasteiger partial charge in [0.15, 0.2) is 0 Å². The van der Waals surface area contributed by atoms with E-state index in [1.165, 1.54) is 11.1 Å². The minimum Gasteiger partial charge on any atom is -0.478 e. The third-order valence-corrected chi connectivity index (χ3v) is 6.52. The molecule has 1 N–H and O–H groups in total. The Kier molecular flexibility index (Phi) is 6.85. The van der Waals surface area contributed by atoms with Crippen LogP contribution in [-0.2, 0) is 11.2 Å². The maximum Gasteiger partial charge on any atom is 0.349 e. The van der Waals surface area contributed by atoms with Crippen LogP contribution in [-0.4, -0.2) is 15.5 Å². The predicted octanol–water partition coefficient (Wildman–Crippen LogP) is 7.82. The van der Waals surface area contributed by atoms with Crippen molar-refractivity contribution in [2.24, 2.45) is 0 Å². The summed E-state index contributed by atoms with van der Waals surface area (Å²) in [7, 11) is 0. The summed E-state index contributed by atoms with van der Waals surface area (Å²) in [5.74, 6) is -0.495. The van der Waals surface area contributed by atoms with E-state index in [2.05, 4.69) is 48.0 Å². The van der Waals surface area contributed by atoms with Gasteiger partial charge in [-0.2, -0.15) is 0 Å². The molecule has 0 aliphatic heterocycles. The van der Waals surface area contributed by atoms with E-state index in [1.807, 2.05) is 60.7 Å². The summed E-state index contributed by atoms with van der Waals surface area (Å²) in [4.78, 5) is 12.1. The number of rotatable bonds is 9. The second kappa shape index (κ2) is 10.5. The molecule has 0 saturated carbocycles. The number of pyridine rings is 1. The topological polar surface area (TPSA) is 50.9 Å². The van der Waals surface area contributed by atoms with E-state index in [-0.39, 0.29) is 0 Å². The number of hydrogen-bond donors (Lipinski definition) is 1. The van der Waals surface area contributed by atoms with Crippen LogP contribution in [0.15, 0.2) is 109 Å². The molecular formula is C32H29NO3. The lowest BCUT2D eigenvalue weighted by atomic mass is 9.92. The molecular weight excluding hydrogens is 446 g/mol. The third-order valence-electron chi connectivity index (χ3n) is 6.52. The number of unbranched alkanes of at least 4 members (excludes halogenated alkanes) is 1. The number of carboxylic acids is 1. The molecule has 0 radical (unpaired) electrons. The quantitative estimate of drug-likeness (QED) is 0.236. The van der Waals surface area contributed by atoms with Gasteiger partial charge in [-0.3, -0.25) is 0 Å². The molecule has 36 heavy (non-hydrogen) atoms. The molecule has 0 spiro atoms. The Morgan fingerprint density at radius 1 is 0.861 bits per heavy atom. The van der Waals surface area contributed by atoms with E-state index in [4.69, 9.17) is 4.74 Å². The van der Waals surface area contributed by atoms with Crippen LogP contribution in [0, 0.1) is 0 Å². The molecule has 0 amide bonds. The van der Waals surface area contributed by atoms with E-state index in [9.17, 15) is 9.90 Å². The summed E-state index contributed by atoms with van der Waals surface area (Å²) >= 11 is 0. The van der Waals surface area contributed by atoms with Gasteiger partial charge < -0.3 is 14.2 Å². The van der Waals surface area contributed by atoms with Crippen LogP contribution in [0.25, 0.3) is 27.8 Å². The molecule has 0 aliphatic rings. The highest BCUT2D eigenvalue weighted by molar-refractivity contribution is 5.89. The number of benzene rings is 3. The van der Waals surface area contributed by atoms with Crippen LogP contribution >= 0.6 is 0 Å². The Morgan fingerprint density at radius 3 is 2.31 bits per heavy atom. The first-order valence-corrected chi connectivity index (χ1v) is 12.4. The molecule has 2 heterocycles. The number of aliphatic carboxylic acids is 1. The minimum absolute atomic E-state index is 0.526. The first-order chi connectivity index (χ1) is 17.7. The van der Waals surface area contributed by atoms with Crippen molar-refractivity contribution in [2.75, 3.05) is 0 Å². The summed E-state index contributed by atoms with van der Waals surface area (Å²) in [6.07, 6.45) is 6.33. The fourth-order valence-corrected chi connectivity index (χ4v) is 4.74. The molecule has 0 fully saturated rings. The number of carboxylic acid groups (broad SMARTS) is 1. The van der Waals surface area contributed by atoms with Crippen LogP contribution in [0.2, 0.25) is 0 Å². The van der Waals surface area contributed by atoms with Gasteiger partial charge in [0.05, 0.1) is 0 Å². The molecule has 0 saturated heterocycles. The molecule has 180 valence electrons. The smallest absolute Gasteiger partial charge is 0.349 e. The number of carbonyl (C=O) groups is 1. The standard InChI is InChI=1S/C32H29NO3/c1-2-3-16-27-29(22-33-20-11-10-17-30(27)33)28-21-25(18-19-26(28)23-12-6-4-7-13-23)36-31(32(34)35)24-14-8-5-9-15-24/h4-15,17-22,31H,2-3,16H2,1H3,(H,34,35). The summed E-state index contributed by atoms with van der Waals surface area (Å²) in [6, 6.07) is 31.5. The highest BCUT2D eigenvalue weighted by atomic mass is 16.5. The maximum atomic E-state index is 12.1. The first kappa shape index (κ1) is 23.4. The Hall–Kier alpha value is -4.31. The highest BCUT2D eigenvalue weighted by Crippen LogP contribution is 2.40. The summed E-state index contributed by atoms with van der Waals surface area (Å²) in [6.45, 7) is 2.21. The minimum atomic E-state index is -1.09. The van der Waals surface area contributed by atoms with Gasteiger partial charge in [0.25, 0.3) is 0 Å². The zero-order valence-electron chi connectivity index (χ0n) is 20.3. The van der Waals surface area contributed by atoms with E-state index in [1.54, 1.807) is 12.1 Å². The van der Waals surface area contributed by atoms with E-state index in [0.29, 0.717) is 11.3 Å². The molecule has 4 nitrogen and oxygen atoms in total. The highest BCUT2D eigenvalue weighted by Gasteiger charge is 2.23. The summed E-state index contributed by atoms with van der Waals surface area (Å²) in [5.41, 5.74) is 7.47. The largest absolute Gasteiger partial charge is 0.478 e. The van der Waals surface area contributed by atoms with Crippen LogP contribution in [0.4, 0.5) is 0 Å². The molecule has 5 aromatic rings. The number of hydrogen-bond acceptors (Lipinski definition) is 2. The van der Waals surface area contributed by atoms with Crippen molar-refractivity contribution in [1.82, 2.24) is 4.40 Å². The van der Waals surface area contributed by atoms with Crippen molar-refractivity contribution in [2.45, 2.75) is 32.3 Å². The van der Waals surface area contributed by atoms with Crippen molar-refractivity contribution < 1.29 is 14.6 Å². The number of fused-ring (bicyclic) bond motifs is 1. The van der Waals surface area contributed by atoms with Crippen molar-refractivity contribution in [3.8, 4) is 28.0 Å². The monoisotopic (exact) mass is 475 g/mol. The zero-order chi connectivity index (χ0) is 24.9. The van der Waals surface area contributed by atoms with Crippen LogP contribution in [0.5, 0.6) is 5.75 Å². The molecule has 4 heteroatoms. The lowest BCUT2D eigenvalue weighted by Crippen LogP contribution is -2.18. The summed E-state index contributed by atoms with van der Waals surface area (Å²) < 4.78 is 8.28. The SMILES string of the molecule is CCCCc1c(-c2cc(OC(C(=O)O)c3ccccc3)ccc2-c2ccccc2)cn2ccccc12. The van der Waals surface area contributed by atoms with Gasteiger partial charge >= 0.3 is 5.97 Å². The molecule has 3 aromatic carbocycles. The molecule has 5 rings (SSSR count). The second-order valence-electron chi connectivity index (χ2n) is 8.94. The Morgan fingerprint density at radius 2 is 1.58 bits per heavy atom. The van der Waals surface area contributed by atoms with Crippen molar-refractivity contribution in [1.29, 1.82) is 0 Å². The van der Waals surface area contributed by atoms with Gasteiger partial charge in [-0.1, -0.05) is 86.1 Å². The lowest BCUT2D eigenvalue weighted by molar-refractivity contribution is -0.145. The van der Waals surface area contributed by atoms with Gasteiger partial charge in [-0.15, -0.1) is 0 Å². The van der Waals surface area contributed by atoms with E-state index >= 15 is 0 Å². The average Bonchev–Trinajstić information content (AvgIpc) is 3.29. The average molecular weight is 476 g/mol. The number of aryl methyl sites for hydroxylation is 1. The van der Waals surface area contributed by atoms with Crippen LogP contribution < -0.4 is 4.74 Å². The normalized spacial score (nSPS) is 11.9. The van der Waals surface area contributed by atoms with Gasteiger partial charge in [0, 0.05) is 29.0 Å². The zero-order valence-corrected chi connectivity index (χ0v) is 20.3. The number of ether oxygens (including phenoxy) is 1. The maximum absolute atomic E-state index is 12.1. The van der Waals surface area contributed by atoms with Crippen LogP contribution in [0.1, 0.15) is 37.0 Å². The van der Waals surface area contributed by atoms with Crippen molar-refractivity contribution in [3.63, 3.8) is 0 Å². The Balaban J connectivity index is 1.67. The Labute approximate surface area is 211 Å².